The molecule has 4 rings (SSSR count). The van der Waals surface area contributed by atoms with E-state index in [2.05, 4.69) is 97.9 Å². The molecule has 0 aliphatic heterocycles. The van der Waals surface area contributed by atoms with Crippen molar-refractivity contribution in [2.45, 2.75) is 82.2 Å². The first-order chi connectivity index (χ1) is 13.9. The van der Waals surface area contributed by atoms with Crippen molar-refractivity contribution in [1.29, 1.82) is 0 Å². The van der Waals surface area contributed by atoms with E-state index >= 15 is 0 Å². The van der Waals surface area contributed by atoms with Gasteiger partial charge < -0.3 is 24.8 Å². The minimum absolute atomic E-state index is 0. The molecule has 2 aromatic carbocycles. The third-order valence-corrected chi connectivity index (χ3v) is 8.14. The van der Waals surface area contributed by atoms with Crippen LogP contribution in [0.2, 0.25) is 0 Å². The van der Waals surface area contributed by atoms with E-state index in [-0.39, 0.29) is 35.6 Å². The molecule has 32 heavy (non-hydrogen) atoms. The number of halogens is 2. The molecule has 2 aliphatic carbocycles. The zero-order valence-corrected chi connectivity index (χ0v) is 24.6. The molecule has 0 fully saturated rings. The van der Waals surface area contributed by atoms with Gasteiger partial charge in [0.15, 0.2) is 0 Å². The molecule has 1 atom stereocenters. The van der Waals surface area contributed by atoms with Gasteiger partial charge in [0.2, 0.25) is 0 Å². The van der Waals surface area contributed by atoms with Gasteiger partial charge in [-0.1, -0.05) is 0 Å². The second kappa shape index (κ2) is 9.56. The SMILES string of the molecule is CC(C)c1cc2c(c(C3=CC=CC3)c1C(C)(C)C)[CH]([Zr+2])c1cc(C(C)(C)C)ccc1-2.[Cl-].[Cl-]. The molecule has 1 unspecified atom stereocenters. The average molecular weight is 546 g/mol. The van der Waals surface area contributed by atoms with Crippen molar-refractivity contribution >= 4 is 5.57 Å². The molecule has 2 aliphatic rings. The first-order valence-electron chi connectivity index (χ1n) is 11.3. The molecule has 3 heteroatoms. The van der Waals surface area contributed by atoms with Gasteiger partial charge in [-0.05, 0) is 0 Å². The summed E-state index contributed by atoms with van der Waals surface area (Å²) in [6.07, 6.45) is 7.98. The molecule has 0 radical (unpaired) electrons. The van der Waals surface area contributed by atoms with Crippen LogP contribution >= 0.6 is 0 Å². The van der Waals surface area contributed by atoms with Crippen LogP contribution in [0.25, 0.3) is 16.7 Å². The van der Waals surface area contributed by atoms with E-state index in [4.69, 9.17) is 0 Å². The Balaban J connectivity index is 0.00000181. The summed E-state index contributed by atoms with van der Waals surface area (Å²) in [4.78, 5) is 0. The van der Waals surface area contributed by atoms with Gasteiger partial charge in [-0.2, -0.15) is 0 Å². The van der Waals surface area contributed by atoms with Crippen LogP contribution in [0.5, 0.6) is 0 Å². The van der Waals surface area contributed by atoms with Gasteiger partial charge in [-0.3, -0.25) is 0 Å². The van der Waals surface area contributed by atoms with Gasteiger partial charge >= 0.3 is 199 Å². The zero-order chi connectivity index (χ0) is 22.0. The molecule has 0 spiro atoms. The molecule has 169 valence electrons. The fourth-order valence-corrected chi connectivity index (χ4v) is 6.46. The zero-order valence-electron chi connectivity index (χ0n) is 20.7. The Kier molecular flexibility index (Phi) is 8.25. The molecule has 0 saturated carbocycles. The summed E-state index contributed by atoms with van der Waals surface area (Å²) < 4.78 is 0.517. The predicted octanol–water partition coefficient (Wildman–Crippen LogP) is 2.37. The third-order valence-electron chi connectivity index (χ3n) is 6.67. The molecule has 0 amide bonds. The number of rotatable bonds is 2. The largest absolute Gasteiger partial charge is 1.00 e. The van der Waals surface area contributed by atoms with E-state index in [1.54, 1.807) is 47.0 Å². The van der Waals surface area contributed by atoms with Crippen molar-refractivity contribution in [2.75, 3.05) is 0 Å². The van der Waals surface area contributed by atoms with Gasteiger partial charge in [0, 0.05) is 0 Å². The van der Waals surface area contributed by atoms with Gasteiger partial charge in [0.05, 0.1) is 0 Å². The molecular weight excluding hydrogens is 510 g/mol. The molecule has 0 aromatic heterocycles. The van der Waals surface area contributed by atoms with Crippen molar-refractivity contribution in [3.63, 3.8) is 0 Å². The van der Waals surface area contributed by atoms with Gasteiger partial charge in [-0.15, -0.1) is 0 Å². The molecule has 0 nitrogen and oxygen atoms in total. The summed E-state index contributed by atoms with van der Waals surface area (Å²) >= 11 is 1.59. The normalized spacial score (nSPS) is 17.0. The van der Waals surface area contributed by atoms with E-state index in [0.29, 0.717) is 9.54 Å². The minimum atomic E-state index is 0. The number of hydrogen-bond acceptors (Lipinski definition) is 0. The average Bonchev–Trinajstić information content (AvgIpc) is 3.26. The molecule has 2 aromatic rings. The van der Waals surface area contributed by atoms with Gasteiger partial charge in [0.25, 0.3) is 0 Å². The summed E-state index contributed by atoms with van der Waals surface area (Å²) in [7, 11) is 0. The Morgan fingerprint density at radius 3 is 2.06 bits per heavy atom. The Bertz CT molecular complexity index is 1080. The second-order valence-corrected chi connectivity index (χ2v) is 12.8. The molecule has 0 saturated heterocycles. The van der Waals surface area contributed by atoms with Crippen LogP contribution in [-0.4, -0.2) is 0 Å². The van der Waals surface area contributed by atoms with Crippen molar-refractivity contribution < 1.29 is 49.5 Å². The first-order valence-corrected chi connectivity index (χ1v) is 12.8. The van der Waals surface area contributed by atoms with Gasteiger partial charge in [-0.25, -0.2) is 0 Å². The van der Waals surface area contributed by atoms with Crippen molar-refractivity contribution in [3.8, 4) is 11.1 Å². The Labute approximate surface area is 223 Å². The Morgan fingerprint density at radius 2 is 1.56 bits per heavy atom. The van der Waals surface area contributed by atoms with E-state index in [1.165, 1.54) is 27.8 Å². The summed E-state index contributed by atoms with van der Waals surface area (Å²) in [5.41, 5.74) is 14.0. The number of hydrogen-bond donors (Lipinski definition) is 0. The first kappa shape index (κ1) is 27.6. The summed E-state index contributed by atoms with van der Waals surface area (Å²) in [5.74, 6) is 0.513. The van der Waals surface area contributed by atoms with Crippen LogP contribution in [-0.2, 0) is 35.5 Å². The van der Waals surface area contributed by atoms with Gasteiger partial charge in [0.1, 0.15) is 0 Å². The Morgan fingerprint density at radius 1 is 0.906 bits per heavy atom. The minimum Gasteiger partial charge on any atom is -1.00 e. The number of fused-ring (bicyclic) bond motifs is 3. The molecule has 0 N–H and O–H groups in total. The fourth-order valence-electron chi connectivity index (χ4n) is 5.14. The van der Waals surface area contributed by atoms with E-state index in [1.807, 2.05) is 0 Å². The smallest absolute Gasteiger partial charge is 1.00 e. The third kappa shape index (κ3) is 4.65. The number of benzene rings is 2. The van der Waals surface area contributed by atoms with Crippen LogP contribution in [0.1, 0.15) is 105 Å². The summed E-state index contributed by atoms with van der Waals surface area (Å²) in [6, 6.07) is 9.82. The molecular formula is C29H35Cl2Zr. The second-order valence-electron chi connectivity index (χ2n) is 11.4. The quantitative estimate of drug-likeness (QED) is 0.544. The van der Waals surface area contributed by atoms with Crippen LogP contribution in [0, 0.1) is 0 Å². The number of allylic oxidation sites excluding steroid dienone is 4. The van der Waals surface area contributed by atoms with Crippen LogP contribution in [0.15, 0.2) is 42.5 Å². The van der Waals surface area contributed by atoms with Crippen LogP contribution < -0.4 is 24.8 Å². The van der Waals surface area contributed by atoms with Crippen molar-refractivity contribution in [1.82, 2.24) is 0 Å². The maximum Gasteiger partial charge on any atom is -1.00 e. The fraction of sp³-hybridized carbons (Fsp3) is 0.448. The molecule has 0 heterocycles. The maximum atomic E-state index is 2.55. The maximum absolute atomic E-state index is 2.55. The monoisotopic (exact) mass is 543 g/mol. The predicted molar refractivity (Wildman–Crippen MR) is 127 cm³/mol. The summed E-state index contributed by atoms with van der Waals surface area (Å²) in [6.45, 7) is 18.9. The van der Waals surface area contributed by atoms with E-state index in [9.17, 15) is 0 Å². The van der Waals surface area contributed by atoms with Crippen LogP contribution in [0.3, 0.4) is 0 Å². The molecule has 0 bridgehead atoms. The van der Waals surface area contributed by atoms with Crippen molar-refractivity contribution in [2.24, 2.45) is 0 Å². The van der Waals surface area contributed by atoms with Crippen LogP contribution in [0.4, 0.5) is 0 Å². The standard InChI is InChI=1S/C29H35.2ClH.Zr/c1-18(2)23-17-24-22-14-13-21(28(3,4)5)15-20(22)16-25(24)26(19-11-9-10-12-19)27(23)29(6,7)8;;;/h9-11,13-18H,12H2,1-8H3;2*1H;/q;;;+2/p-2. The Hall–Kier alpha value is -0.617. The topological polar surface area (TPSA) is 0 Å². The van der Waals surface area contributed by atoms with E-state index in [0.717, 1.165) is 6.42 Å². The van der Waals surface area contributed by atoms with Crippen molar-refractivity contribution in [3.05, 3.63) is 75.9 Å². The van der Waals surface area contributed by atoms with E-state index < -0.39 is 0 Å². The summed E-state index contributed by atoms with van der Waals surface area (Å²) in [5, 5.41) is 0.